The first-order valence-corrected chi connectivity index (χ1v) is 10.6. The van der Waals surface area contributed by atoms with Crippen LogP contribution >= 0.6 is 0 Å². The van der Waals surface area contributed by atoms with Crippen LogP contribution in [0, 0.1) is 0 Å². The van der Waals surface area contributed by atoms with Crippen LogP contribution in [-0.4, -0.2) is 25.9 Å². The topological polar surface area (TPSA) is 88.6 Å². The van der Waals surface area contributed by atoms with E-state index in [1.165, 1.54) is 18.3 Å². The maximum Gasteiger partial charge on any atom is 0.261 e. The van der Waals surface area contributed by atoms with Gasteiger partial charge in [-0.1, -0.05) is 18.2 Å². The zero-order chi connectivity index (χ0) is 20.3. The third kappa shape index (κ3) is 4.38. The van der Waals surface area contributed by atoms with E-state index in [1.807, 2.05) is 18.2 Å². The van der Waals surface area contributed by atoms with Gasteiger partial charge in [-0.05, 0) is 48.9 Å². The molecule has 1 saturated heterocycles. The van der Waals surface area contributed by atoms with Crippen LogP contribution in [-0.2, 0) is 14.8 Å². The highest BCUT2D eigenvalue weighted by atomic mass is 32.2. The first-order chi connectivity index (χ1) is 14.0. The minimum absolute atomic E-state index is 0.0580. The summed E-state index contributed by atoms with van der Waals surface area (Å²) in [5.74, 6) is 1.06. The average molecular weight is 409 g/mol. The van der Waals surface area contributed by atoms with E-state index < -0.39 is 10.0 Å². The number of amides is 1. The molecule has 3 aromatic rings. The molecule has 29 heavy (non-hydrogen) atoms. The largest absolute Gasteiger partial charge is 0.439 e. The number of hydrogen-bond donors (Lipinski definition) is 1. The van der Waals surface area contributed by atoms with Crippen molar-refractivity contribution in [3.8, 4) is 11.6 Å². The number of nitrogens with zero attached hydrogens (tertiary/aromatic N) is 2. The van der Waals surface area contributed by atoms with Gasteiger partial charge in [-0.3, -0.25) is 9.52 Å². The lowest BCUT2D eigenvalue weighted by Gasteiger charge is -2.16. The van der Waals surface area contributed by atoms with E-state index in [1.54, 1.807) is 41.3 Å². The van der Waals surface area contributed by atoms with Crippen LogP contribution in [0.4, 0.5) is 11.4 Å². The Hall–Kier alpha value is -3.39. The molecule has 1 N–H and O–H groups in total. The lowest BCUT2D eigenvalue weighted by molar-refractivity contribution is -0.117. The predicted molar refractivity (Wildman–Crippen MR) is 110 cm³/mol. The molecule has 8 heteroatoms. The van der Waals surface area contributed by atoms with Gasteiger partial charge in [0, 0.05) is 24.7 Å². The SMILES string of the molecule is O=C1CCCN1c1ccc(S(=O)(=O)Nc2ccc(Oc3ccccc3)nc2)cc1. The van der Waals surface area contributed by atoms with Crippen molar-refractivity contribution in [1.82, 2.24) is 4.98 Å². The Bertz CT molecular complexity index is 1100. The van der Waals surface area contributed by atoms with Gasteiger partial charge in [-0.15, -0.1) is 0 Å². The van der Waals surface area contributed by atoms with Crippen molar-refractivity contribution in [2.75, 3.05) is 16.2 Å². The summed E-state index contributed by atoms with van der Waals surface area (Å²) in [6.45, 7) is 0.659. The Morgan fingerprint density at radius 3 is 2.34 bits per heavy atom. The zero-order valence-corrected chi connectivity index (χ0v) is 16.3. The highest BCUT2D eigenvalue weighted by Gasteiger charge is 2.22. The summed E-state index contributed by atoms with van der Waals surface area (Å²) in [4.78, 5) is 17.7. The van der Waals surface area contributed by atoms with Crippen molar-refractivity contribution in [2.45, 2.75) is 17.7 Å². The van der Waals surface area contributed by atoms with Crippen LogP contribution in [0.1, 0.15) is 12.8 Å². The van der Waals surface area contributed by atoms with Crippen molar-refractivity contribution >= 4 is 27.3 Å². The van der Waals surface area contributed by atoms with Gasteiger partial charge in [-0.2, -0.15) is 0 Å². The van der Waals surface area contributed by atoms with E-state index in [0.717, 1.165) is 6.42 Å². The molecule has 148 valence electrons. The van der Waals surface area contributed by atoms with Crippen molar-refractivity contribution in [2.24, 2.45) is 0 Å². The van der Waals surface area contributed by atoms with Crippen molar-refractivity contribution < 1.29 is 17.9 Å². The number of benzene rings is 2. The smallest absolute Gasteiger partial charge is 0.261 e. The molecule has 0 spiro atoms. The van der Waals surface area contributed by atoms with Crippen LogP contribution < -0.4 is 14.4 Å². The Balaban J connectivity index is 1.44. The van der Waals surface area contributed by atoms with Gasteiger partial charge in [0.05, 0.1) is 16.8 Å². The first-order valence-electron chi connectivity index (χ1n) is 9.13. The van der Waals surface area contributed by atoms with Crippen LogP contribution in [0.25, 0.3) is 0 Å². The number of anilines is 2. The summed E-state index contributed by atoms with van der Waals surface area (Å²) >= 11 is 0. The number of sulfonamides is 1. The lowest BCUT2D eigenvalue weighted by Crippen LogP contribution is -2.23. The average Bonchev–Trinajstić information content (AvgIpc) is 3.16. The van der Waals surface area contributed by atoms with Gasteiger partial charge in [0.15, 0.2) is 0 Å². The second-order valence-electron chi connectivity index (χ2n) is 6.55. The molecule has 1 aromatic heterocycles. The van der Waals surface area contributed by atoms with Gasteiger partial charge in [-0.25, -0.2) is 13.4 Å². The van der Waals surface area contributed by atoms with Gasteiger partial charge < -0.3 is 9.64 Å². The minimum Gasteiger partial charge on any atom is -0.439 e. The molecule has 1 aliphatic rings. The summed E-state index contributed by atoms with van der Waals surface area (Å²) in [5, 5.41) is 0. The van der Waals surface area contributed by atoms with Crippen molar-refractivity contribution in [1.29, 1.82) is 0 Å². The lowest BCUT2D eigenvalue weighted by atomic mass is 10.3. The fourth-order valence-electron chi connectivity index (χ4n) is 3.05. The molecule has 0 saturated carbocycles. The van der Waals surface area contributed by atoms with E-state index in [9.17, 15) is 13.2 Å². The Labute approximate surface area is 169 Å². The van der Waals surface area contributed by atoms with Gasteiger partial charge in [0.2, 0.25) is 11.8 Å². The van der Waals surface area contributed by atoms with Crippen LogP contribution in [0.5, 0.6) is 11.6 Å². The van der Waals surface area contributed by atoms with Crippen molar-refractivity contribution in [3.63, 3.8) is 0 Å². The zero-order valence-electron chi connectivity index (χ0n) is 15.5. The van der Waals surface area contributed by atoms with E-state index in [2.05, 4.69) is 9.71 Å². The highest BCUT2D eigenvalue weighted by Crippen LogP contribution is 2.25. The number of pyridine rings is 1. The Morgan fingerprint density at radius 1 is 0.966 bits per heavy atom. The molecule has 2 aromatic carbocycles. The normalized spacial score (nSPS) is 14.1. The number of hydrogen-bond acceptors (Lipinski definition) is 5. The molecule has 0 bridgehead atoms. The third-order valence-corrected chi connectivity index (χ3v) is 5.88. The number of nitrogens with one attached hydrogen (secondary N) is 1. The molecule has 0 unspecified atom stereocenters. The monoisotopic (exact) mass is 409 g/mol. The maximum atomic E-state index is 12.6. The summed E-state index contributed by atoms with van der Waals surface area (Å²) in [5.41, 5.74) is 1.03. The minimum atomic E-state index is -3.77. The highest BCUT2D eigenvalue weighted by molar-refractivity contribution is 7.92. The molecule has 1 aliphatic heterocycles. The van der Waals surface area contributed by atoms with Gasteiger partial charge >= 0.3 is 0 Å². The van der Waals surface area contributed by atoms with Crippen LogP contribution in [0.15, 0.2) is 77.8 Å². The second-order valence-corrected chi connectivity index (χ2v) is 8.23. The summed E-state index contributed by atoms with van der Waals surface area (Å²) < 4.78 is 33.3. The molecule has 0 radical (unpaired) electrons. The fraction of sp³-hybridized carbons (Fsp3) is 0.143. The summed E-state index contributed by atoms with van der Waals surface area (Å²) in [6.07, 6.45) is 2.74. The molecular formula is C21H19N3O4S. The Morgan fingerprint density at radius 2 is 1.72 bits per heavy atom. The standard InChI is InChI=1S/C21H19N3O4S/c25-21-7-4-14-24(21)17-9-11-19(12-10-17)29(26,27)23-16-8-13-20(22-15-16)28-18-5-2-1-3-6-18/h1-3,5-6,8-13,15,23H,4,7,14H2. The summed E-state index contributed by atoms with van der Waals surface area (Å²) in [7, 11) is -3.77. The Kier molecular flexibility index (Phi) is 5.18. The van der Waals surface area contributed by atoms with Gasteiger partial charge in [0.1, 0.15) is 5.75 Å². The van der Waals surface area contributed by atoms with E-state index in [0.29, 0.717) is 36.0 Å². The number of para-hydroxylation sites is 1. The molecule has 2 heterocycles. The first kappa shape index (κ1) is 18.9. The second kappa shape index (κ2) is 7.92. The number of carbonyl (C=O) groups is 1. The van der Waals surface area contributed by atoms with Crippen LogP contribution in [0.2, 0.25) is 0 Å². The number of aromatic nitrogens is 1. The van der Waals surface area contributed by atoms with Crippen LogP contribution in [0.3, 0.4) is 0 Å². The predicted octanol–water partition coefficient (Wildman–Crippen LogP) is 3.80. The molecule has 4 rings (SSSR count). The maximum absolute atomic E-state index is 12.6. The molecule has 1 fully saturated rings. The van der Waals surface area contributed by atoms with E-state index in [4.69, 9.17) is 4.74 Å². The third-order valence-electron chi connectivity index (χ3n) is 4.49. The quantitative estimate of drug-likeness (QED) is 0.669. The molecule has 0 aliphatic carbocycles. The van der Waals surface area contributed by atoms with E-state index >= 15 is 0 Å². The van der Waals surface area contributed by atoms with Crippen molar-refractivity contribution in [3.05, 3.63) is 72.9 Å². The number of ether oxygens (including phenoxy) is 1. The molecule has 7 nitrogen and oxygen atoms in total. The molecular weight excluding hydrogens is 390 g/mol. The van der Waals surface area contributed by atoms with E-state index in [-0.39, 0.29) is 10.8 Å². The fourth-order valence-corrected chi connectivity index (χ4v) is 4.09. The molecule has 0 atom stereocenters. The number of rotatable bonds is 6. The number of carbonyl (C=O) groups excluding carboxylic acids is 1. The summed E-state index contributed by atoms with van der Waals surface area (Å²) in [6, 6.07) is 18.6. The van der Waals surface area contributed by atoms with Gasteiger partial charge in [0.25, 0.3) is 10.0 Å². The molecule has 1 amide bonds.